The fourth-order valence-electron chi connectivity index (χ4n) is 2.57. The lowest BCUT2D eigenvalue weighted by atomic mass is 10.2. The van der Waals surface area contributed by atoms with Crippen LogP contribution in [-0.2, 0) is 4.79 Å². The van der Waals surface area contributed by atoms with Crippen molar-refractivity contribution in [3.8, 4) is 0 Å². The van der Waals surface area contributed by atoms with Crippen molar-refractivity contribution < 1.29 is 9.18 Å². The van der Waals surface area contributed by atoms with Crippen LogP contribution in [0.5, 0.6) is 0 Å². The third-order valence-corrected chi connectivity index (χ3v) is 5.07. The molecule has 1 amide bonds. The fraction of sp³-hybridized carbons (Fsp3) is 0.500. The molecule has 0 aromatic heterocycles. The highest BCUT2D eigenvalue weighted by Gasteiger charge is 2.36. The Kier molecular flexibility index (Phi) is 4.12. The van der Waals surface area contributed by atoms with Crippen molar-refractivity contribution in [1.82, 2.24) is 4.90 Å². The number of rotatable bonds is 3. The Hall–Kier alpha value is -1.56. The molecule has 1 aliphatic heterocycles. The summed E-state index contributed by atoms with van der Waals surface area (Å²) >= 11 is 1.64. The van der Waals surface area contributed by atoms with Crippen LogP contribution in [0.25, 0.3) is 0 Å². The van der Waals surface area contributed by atoms with E-state index in [1.54, 1.807) is 17.8 Å². The standard InChI is InChI=1S/C16H20FN3OS/c1-10-4-7-14(13(17)8-10)20(11(2)21)15-9-22-16(19(15)3)18-12-5-6-12/h4,7-8,12,15H,5-6,9H2,1-3H3. The number of carbonyl (C=O) groups is 1. The predicted molar refractivity (Wildman–Crippen MR) is 88.8 cm³/mol. The van der Waals surface area contributed by atoms with Crippen molar-refractivity contribution in [3.05, 3.63) is 29.6 Å². The molecule has 118 valence electrons. The molecule has 1 unspecified atom stereocenters. The zero-order chi connectivity index (χ0) is 15.9. The minimum absolute atomic E-state index is 0.159. The van der Waals surface area contributed by atoms with Crippen molar-refractivity contribution >= 4 is 28.5 Å². The summed E-state index contributed by atoms with van der Waals surface area (Å²) in [6.45, 7) is 3.32. The van der Waals surface area contributed by atoms with E-state index in [0.717, 1.165) is 23.6 Å². The van der Waals surface area contributed by atoms with Crippen LogP contribution in [0.3, 0.4) is 0 Å². The van der Waals surface area contributed by atoms with Crippen molar-refractivity contribution in [3.63, 3.8) is 0 Å². The molecule has 1 heterocycles. The van der Waals surface area contributed by atoms with Gasteiger partial charge in [-0.25, -0.2) is 4.39 Å². The highest BCUT2D eigenvalue weighted by Crippen LogP contribution is 2.33. The Balaban J connectivity index is 1.90. The first-order valence-electron chi connectivity index (χ1n) is 7.46. The molecule has 2 fully saturated rings. The van der Waals surface area contributed by atoms with Gasteiger partial charge in [0.1, 0.15) is 12.0 Å². The number of anilines is 1. The lowest BCUT2D eigenvalue weighted by Gasteiger charge is -2.33. The van der Waals surface area contributed by atoms with E-state index in [1.807, 2.05) is 24.9 Å². The SMILES string of the molecule is CC(=O)N(c1ccc(C)cc1F)C1CSC(=NC2CC2)N1C. The Bertz CT molecular complexity index is 630. The number of carbonyl (C=O) groups excluding carboxylic acids is 1. The van der Waals surface area contributed by atoms with Crippen LogP contribution in [0.4, 0.5) is 10.1 Å². The smallest absolute Gasteiger partial charge is 0.225 e. The zero-order valence-electron chi connectivity index (χ0n) is 13.0. The van der Waals surface area contributed by atoms with Crippen LogP contribution in [-0.4, -0.2) is 41.0 Å². The predicted octanol–water partition coefficient (Wildman–Crippen LogP) is 3.01. The molecule has 0 radical (unpaired) electrons. The third kappa shape index (κ3) is 2.97. The van der Waals surface area contributed by atoms with Crippen LogP contribution in [0.1, 0.15) is 25.3 Å². The van der Waals surface area contributed by atoms with Crippen LogP contribution >= 0.6 is 11.8 Å². The van der Waals surface area contributed by atoms with E-state index in [9.17, 15) is 9.18 Å². The number of aliphatic imine (C=N–C) groups is 1. The minimum atomic E-state index is -0.360. The molecule has 1 saturated heterocycles. The maximum atomic E-state index is 14.3. The van der Waals surface area contributed by atoms with Gasteiger partial charge >= 0.3 is 0 Å². The van der Waals surface area contributed by atoms with Crippen LogP contribution in [0.15, 0.2) is 23.2 Å². The Morgan fingerprint density at radius 2 is 2.18 bits per heavy atom. The highest BCUT2D eigenvalue weighted by molar-refractivity contribution is 8.14. The van der Waals surface area contributed by atoms with Gasteiger partial charge in [-0.2, -0.15) is 0 Å². The topological polar surface area (TPSA) is 35.9 Å². The summed E-state index contributed by atoms with van der Waals surface area (Å²) in [5.74, 6) is 0.184. The van der Waals surface area contributed by atoms with Crippen molar-refractivity contribution in [2.24, 2.45) is 4.99 Å². The largest absolute Gasteiger partial charge is 0.333 e. The normalized spacial score (nSPS) is 23.2. The van der Waals surface area contributed by atoms with Gasteiger partial charge in [0.05, 0.1) is 11.7 Å². The van der Waals surface area contributed by atoms with Crippen molar-refractivity contribution in [2.45, 2.75) is 38.9 Å². The van der Waals surface area contributed by atoms with Gasteiger partial charge in [0.15, 0.2) is 5.17 Å². The van der Waals surface area contributed by atoms with E-state index in [0.29, 0.717) is 17.5 Å². The molecule has 0 bridgehead atoms. The molecule has 1 saturated carbocycles. The number of thioether (sulfide) groups is 1. The summed E-state index contributed by atoms with van der Waals surface area (Å²) in [5, 5.41) is 0.950. The summed E-state index contributed by atoms with van der Waals surface area (Å²) in [6, 6.07) is 5.41. The van der Waals surface area contributed by atoms with Gasteiger partial charge < -0.3 is 4.90 Å². The summed E-state index contributed by atoms with van der Waals surface area (Å²) in [6.07, 6.45) is 2.09. The second-order valence-corrected chi connectivity index (χ2v) is 6.88. The number of aryl methyl sites for hydroxylation is 1. The van der Waals surface area contributed by atoms with E-state index in [2.05, 4.69) is 4.99 Å². The summed E-state index contributed by atoms with van der Waals surface area (Å²) in [7, 11) is 1.92. The first-order valence-corrected chi connectivity index (χ1v) is 8.45. The lowest BCUT2D eigenvalue weighted by Crippen LogP contribution is -2.48. The molecule has 2 aliphatic rings. The van der Waals surface area contributed by atoms with Gasteiger partial charge in [-0.1, -0.05) is 17.8 Å². The van der Waals surface area contributed by atoms with Crippen molar-refractivity contribution in [1.29, 1.82) is 0 Å². The van der Waals surface area contributed by atoms with Gasteiger partial charge in [-0.3, -0.25) is 14.7 Å². The molecule has 22 heavy (non-hydrogen) atoms. The summed E-state index contributed by atoms with van der Waals surface area (Å²) in [5.41, 5.74) is 1.18. The molecule has 4 nitrogen and oxygen atoms in total. The molecule has 6 heteroatoms. The molecular weight excluding hydrogens is 301 g/mol. The number of amidine groups is 1. The van der Waals surface area contributed by atoms with Crippen LogP contribution in [0, 0.1) is 12.7 Å². The van der Waals surface area contributed by atoms with Gasteiger partial charge in [0.25, 0.3) is 0 Å². The Morgan fingerprint density at radius 3 is 2.77 bits per heavy atom. The third-order valence-electron chi connectivity index (χ3n) is 3.95. The monoisotopic (exact) mass is 321 g/mol. The van der Waals surface area contributed by atoms with Gasteiger partial charge in [-0.05, 0) is 37.5 Å². The molecule has 0 spiro atoms. The maximum Gasteiger partial charge on any atom is 0.225 e. The minimum Gasteiger partial charge on any atom is -0.333 e. The number of nitrogens with zero attached hydrogens (tertiary/aromatic N) is 3. The van der Waals surface area contributed by atoms with Gasteiger partial charge in [0, 0.05) is 19.7 Å². The van der Waals surface area contributed by atoms with E-state index >= 15 is 0 Å². The molecule has 0 N–H and O–H groups in total. The quantitative estimate of drug-likeness (QED) is 0.858. The molecular formula is C16H20FN3OS. The summed E-state index contributed by atoms with van der Waals surface area (Å²) < 4.78 is 14.3. The molecule has 1 atom stereocenters. The number of benzene rings is 1. The van der Waals surface area contributed by atoms with E-state index < -0.39 is 0 Å². The fourth-order valence-corrected chi connectivity index (χ4v) is 3.79. The van der Waals surface area contributed by atoms with Gasteiger partial charge in [-0.15, -0.1) is 0 Å². The van der Waals surface area contributed by atoms with E-state index in [1.165, 1.54) is 17.9 Å². The molecule has 3 rings (SSSR count). The first kappa shape index (κ1) is 15.3. The molecule has 1 aliphatic carbocycles. The second kappa shape index (κ2) is 5.91. The van der Waals surface area contributed by atoms with E-state index in [-0.39, 0.29) is 17.9 Å². The molecule has 1 aromatic carbocycles. The van der Waals surface area contributed by atoms with Crippen LogP contribution in [0.2, 0.25) is 0 Å². The number of hydrogen-bond donors (Lipinski definition) is 0. The Labute approximate surface area is 134 Å². The highest BCUT2D eigenvalue weighted by atomic mass is 32.2. The second-order valence-electron chi connectivity index (χ2n) is 5.89. The van der Waals surface area contributed by atoms with Gasteiger partial charge in [0.2, 0.25) is 5.91 Å². The Morgan fingerprint density at radius 1 is 1.45 bits per heavy atom. The lowest BCUT2D eigenvalue weighted by molar-refractivity contribution is -0.117. The summed E-state index contributed by atoms with van der Waals surface area (Å²) in [4.78, 5) is 20.3. The zero-order valence-corrected chi connectivity index (χ0v) is 13.9. The van der Waals surface area contributed by atoms with Crippen molar-refractivity contribution in [2.75, 3.05) is 17.7 Å². The first-order chi connectivity index (χ1) is 10.5. The number of hydrogen-bond acceptors (Lipinski definition) is 3. The number of amides is 1. The average molecular weight is 321 g/mol. The van der Waals surface area contributed by atoms with E-state index in [4.69, 9.17) is 0 Å². The maximum absolute atomic E-state index is 14.3. The molecule has 1 aromatic rings. The van der Waals surface area contributed by atoms with Crippen LogP contribution < -0.4 is 4.90 Å². The average Bonchev–Trinajstić information content (AvgIpc) is 3.19. The number of halogens is 1.